The summed E-state index contributed by atoms with van der Waals surface area (Å²) in [5.41, 5.74) is 8.25. The van der Waals surface area contributed by atoms with E-state index in [0.29, 0.717) is 12.1 Å². The number of amides is 1. The van der Waals surface area contributed by atoms with Gasteiger partial charge in [-0.3, -0.25) is 9.78 Å². The van der Waals surface area contributed by atoms with Gasteiger partial charge in [-0.05, 0) is 39.3 Å². The van der Waals surface area contributed by atoms with Gasteiger partial charge in [0.25, 0.3) is 5.91 Å². The van der Waals surface area contributed by atoms with E-state index in [9.17, 15) is 4.79 Å². The first kappa shape index (κ1) is 18.3. The van der Waals surface area contributed by atoms with E-state index in [-0.39, 0.29) is 5.82 Å². The molecule has 1 saturated heterocycles. The normalized spacial score (nSPS) is 18.1. The van der Waals surface area contributed by atoms with Crippen LogP contribution >= 0.6 is 0 Å². The lowest BCUT2D eigenvalue weighted by atomic mass is 10.1. The number of carbonyl (C=O) groups is 1. The molecule has 0 saturated carbocycles. The number of carbonyl (C=O) groups excluding carboxylic acids is 1. The third-order valence-corrected chi connectivity index (χ3v) is 4.83. The Hall–Kier alpha value is -2.54. The molecule has 7 heteroatoms. The quantitative estimate of drug-likeness (QED) is 0.814. The fourth-order valence-electron chi connectivity index (χ4n) is 3.41. The summed E-state index contributed by atoms with van der Waals surface area (Å²) in [6, 6.07) is 6.72. The predicted molar refractivity (Wildman–Crippen MR) is 101 cm³/mol. The molecule has 1 aliphatic heterocycles. The number of hydrogen-bond acceptors (Lipinski definition) is 6. The summed E-state index contributed by atoms with van der Waals surface area (Å²) in [5, 5.41) is 3.68. The molecule has 2 atom stereocenters. The van der Waals surface area contributed by atoms with Crippen molar-refractivity contribution in [1.29, 1.82) is 0 Å². The largest absolute Gasteiger partial charge is 0.363 e. The van der Waals surface area contributed by atoms with E-state index >= 15 is 0 Å². The third kappa shape index (κ3) is 4.16. The average molecular weight is 354 g/mol. The minimum absolute atomic E-state index is 0.0861. The fourth-order valence-corrected chi connectivity index (χ4v) is 3.41. The molecule has 1 aliphatic rings. The van der Waals surface area contributed by atoms with Crippen molar-refractivity contribution in [1.82, 2.24) is 20.3 Å². The number of rotatable bonds is 6. The van der Waals surface area contributed by atoms with Crippen LogP contribution in [0.3, 0.4) is 0 Å². The van der Waals surface area contributed by atoms with E-state index in [1.807, 2.05) is 32.2 Å². The van der Waals surface area contributed by atoms with Crippen molar-refractivity contribution in [2.75, 3.05) is 18.0 Å². The Morgan fingerprint density at radius 2 is 2.19 bits per heavy atom. The van der Waals surface area contributed by atoms with Gasteiger partial charge in [0.05, 0.1) is 0 Å². The minimum Gasteiger partial charge on any atom is -0.363 e. The van der Waals surface area contributed by atoms with Crippen molar-refractivity contribution in [3.8, 4) is 0 Å². The highest BCUT2D eigenvalue weighted by Crippen LogP contribution is 2.24. The summed E-state index contributed by atoms with van der Waals surface area (Å²) in [4.78, 5) is 26.7. The van der Waals surface area contributed by atoms with Crippen molar-refractivity contribution in [2.45, 2.75) is 45.7 Å². The Morgan fingerprint density at radius 3 is 2.88 bits per heavy atom. The summed E-state index contributed by atoms with van der Waals surface area (Å²) < 4.78 is 0. The molecule has 0 bridgehead atoms. The van der Waals surface area contributed by atoms with E-state index in [0.717, 1.165) is 48.7 Å². The van der Waals surface area contributed by atoms with Crippen LogP contribution in [0.5, 0.6) is 0 Å². The number of nitrogens with one attached hydrogen (secondary N) is 1. The number of primary amides is 1. The second-order valence-electron chi connectivity index (χ2n) is 6.97. The van der Waals surface area contributed by atoms with Crippen molar-refractivity contribution in [3.63, 3.8) is 0 Å². The zero-order chi connectivity index (χ0) is 18.7. The summed E-state index contributed by atoms with van der Waals surface area (Å²) in [5.74, 6) is 0.309. The summed E-state index contributed by atoms with van der Waals surface area (Å²) in [6.45, 7) is 7.79. The molecule has 0 radical (unpaired) electrons. The van der Waals surface area contributed by atoms with E-state index < -0.39 is 5.91 Å². The van der Waals surface area contributed by atoms with Gasteiger partial charge >= 0.3 is 0 Å². The lowest BCUT2D eigenvalue weighted by molar-refractivity contribution is 0.0990. The lowest BCUT2D eigenvalue weighted by Gasteiger charge is -2.22. The molecule has 0 aliphatic carbocycles. The average Bonchev–Trinajstić information content (AvgIpc) is 3.05. The van der Waals surface area contributed by atoms with E-state index in [2.05, 4.69) is 38.2 Å². The standard InChI is InChI=1S/C19H26N6O/c1-12(10-15-6-4-5-8-21-15)22-16-7-9-25(11-16)19-13(2)14(3)23-18(24-19)17(20)26/h4-6,8,12,16,22H,7,9-11H2,1-3H3,(H2,20,26)/t12?,16-/m1/s1. The molecule has 1 unspecified atom stereocenters. The molecule has 0 spiro atoms. The second kappa shape index (κ2) is 7.78. The summed E-state index contributed by atoms with van der Waals surface area (Å²) in [6.07, 6.45) is 3.76. The maximum atomic E-state index is 11.5. The Kier molecular flexibility index (Phi) is 5.46. The van der Waals surface area contributed by atoms with Crippen LogP contribution in [-0.2, 0) is 6.42 Å². The maximum Gasteiger partial charge on any atom is 0.286 e. The van der Waals surface area contributed by atoms with Crippen LogP contribution in [0.25, 0.3) is 0 Å². The highest BCUT2D eigenvalue weighted by molar-refractivity contribution is 5.89. The highest BCUT2D eigenvalue weighted by atomic mass is 16.1. The molecular weight excluding hydrogens is 328 g/mol. The zero-order valence-electron chi connectivity index (χ0n) is 15.6. The molecular formula is C19H26N6O. The van der Waals surface area contributed by atoms with Gasteiger partial charge in [-0.25, -0.2) is 9.97 Å². The van der Waals surface area contributed by atoms with Gasteiger partial charge in [0, 0.05) is 54.7 Å². The number of anilines is 1. The van der Waals surface area contributed by atoms with Gasteiger partial charge in [-0.15, -0.1) is 0 Å². The number of aromatic nitrogens is 3. The van der Waals surface area contributed by atoms with Crippen LogP contribution < -0.4 is 16.0 Å². The Balaban J connectivity index is 1.64. The molecule has 3 heterocycles. The third-order valence-electron chi connectivity index (χ3n) is 4.83. The SMILES string of the molecule is Cc1nc(C(N)=O)nc(N2CC[C@@H](NC(C)Cc3ccccn3)C2)c1C. The second-order valence-corrected chi connectivity index (χ2v) is 6.97. The smallest absolute Gasteiger partial charge is 0.286 e. The lowest BCUT2D eigenvalue weighted by Crippen LogP contribution is -2.40. The molecule has 26 heavy (non-hydrogen) atoms. The number of nitrogens with zero attached hydrogens (tertiary/aromatic N) is 4. The monoisotopic (exact) mass is 354 g/mol. The van der Waals surface area contributed by atoms with Gasteiger partial charge in [-0.2, -0.15) is 0 Å². The van der Waals surface area contributed by atoms with Gasteiger partial charge in [0.1, 0.15) is 5.82 Å². The zero-order valence-corrected chi connectivity index (χ0v) is 15.6. The first-order chi connectivity index (χ1) is 12.4. The van der Waals surface area contributed by atoms with Crippen molar-refractivity contribution < 1.29 is 4.79 Å². The summed E-state index contributed by atoms with van der Waals surface area (Å²) in [7, 11) is 0. The number of pyridine rings is 1. The molecule has 1 fully saturated rings. The predicted octanol–water partition coefficient (Wildman–Crippen LogP) is 1.39. The Labute approximate surface area is 154 Å². The first-order valence-corrected chi connectivity index (χ1v) is 9.00. The van der Waals surface area contributed by atoms with Crippen LogP contribution in [0.2, 0.25) is 0 Å². The Morgan fingerprint density at radius 1 is 1.38 bits per heavy atom. The van der Waals surface area contributed by atoms with E-state index in [1.54, 1.807) is 0 Å². The van der Waals surface area contributed by atoms with Crippen molar-refractivity contribution in [3.05, 3.63) is 47.2 Å². The Bertz CT molecular complexity index is 779. The van der Waals surface area contributed by atoms with Crippen molar-refractivity contribution in [2.24, 2.45) is 5.73 Å². The number of hydrogen-bond donors (Lipinski definition) is 2. The molecule has 7 nitrogen and oxygen atoms in total. The number of nitrogens with two attached hydrogens (primary N) is 1. The fraction of sp³-hybridized carbons (Fsp3) is 0.474. The summed E-state index contributed by atoms with van der Waals surface area (Å²) >= 11 is 0. The minimum atomic E-state index is -0.591. The topological polar surface area (TPSA) is 97.0 Å². The van der Waals surface area contributed by atoms with Gasteiger partial charge in [0.2, 0.25) is 5.82 Å². The van der Waals surface area contributed by atoms with Gasteiger partial charge in [-0.1, -0.05) is 6.07 Å². The maximum absolute atomic E-state index is 11.5. The van der Waals surface area contributed by atoms with Gasteiger partial charge in [0.15, 0.2) is 0 Å². The molecule has 0 aromatic carbocycles. The van der Waals surface area contributed by atoms with Crippen molar-refractivity contribution >= 4 is 11.7 Å². The van der Waals surface area contributed by atoms with Crippen LogP contribution in [0, 0.1) is 13.8 Å². The number of aryl methyl sites for hydroxylation is 1. The molecule has 2 aromatic heterocycles. The van der Waals surface area contributed by atoms with Gasteiger partial charge < -0.3 is 16.0 Å². The molecule has 1 amide bonds. The van der Waals surface area contributed by atoms with Crippen LogP contribution in [0.4, 0.5) is 5.82 Å². The van der Waals surface area contributed by atoms with Crippen LogP contribution in [0.15, 0.2) is 24.4 Å². The van der Waals surface area contributed by atoms with Crippen LogP contribution in [0.1, 0.15) is 40.9 Å². The molecule has 3 N–H and O–H groups in total. The molecule has 3 rings (SSSR count). The van der Waals surface area contributed by atoms with E-state index in [1.165, 1.54) is 0 Å². The first-order valence-electron chi connectivity index (χ1n) is 9.00. The molecule has 138 valence electrons. The van der Waals surface area contributed by atoms with Crippen LogP contribution in [-0.4, -0.2) is 46.0 Å². The highest BCUT2D eigenvalue weighted by Gasteiger charge is 2.27. The molecule has 2 aromatic rings. The van der Waals surface area contributed by atoms with E-state index in [4.69, 9.17) is 5.73 Å².